The van der Waals surface area contributed by atoms with Gasteiger partial charge in [0.1, 0.15) is 29.5 Å². The molecule has 0 unspecified atom stereocenters. The number of hydrogen-bond acceptors (Lipinski definition) is 8. The van der Waals surface area contributed by atoms with Crippen molar-refractivity contribution in [1.82, 2.24) is 9.97 Å². The van der Waals surface area contributed by atoms with E-state index in [-0.39, 0.29) is 6.79 Å². The standard InChI is InChI=1S/C20H20N4O4/c1-25-14-4-5-15(17(8-14)26-2)24-20-9-19(22-11-23-20)21-10-13-3-6-16-18(7-13)28-12-27-16/h3-9,11H,10,12H2,1-2H3,(H2,21,22,23,24). The average Bonchev–Trinajstić information content (AvgIpc) is 3.21. The molecule has 2 heterocycles. The lowest BCUT2D eigenvalue weighted by Gasteiger charge is -2.13. The zero-order valence-corrected chi connectivity index (χ0v) is 15.6. The van der Waals surface area contributed by atoms with Gasteiger partial charge < -0.3 is 29.6 Å². The third-order valence-electron chi connectivity index (χ3n) is 4.25. The summed E-state index contributed by atoms with van der Waals surface area (Å²) in [5.74, 6) is 4.25. The minimum absolute atomic E-state index is 0.266. The Morgan fingerprint density at radius 2 is 1.79 bits per heavy atom. The molecule has 1 aromatic heterocycles. The summed E-state index contributed by atoms with van der Waals surface area (Å²) in [6.07, 6.45) is 1.50. The summed E-state index contributed by atoms with van der Waals surface area (Å²) >= 11 is 0. The largest absolute Gasteiger partial charge is 0.497 e. The Hall–Kier alpha value is -3.68. The van der Waals surface area contributed by atoms with Gasteiger partial charge in [-0.25, -0.2) is 9.97 Å². The van der Waals surface area contributed by atoms with E-state index in [4.69, 9.17) is 18.9 Å². The van der Waals surface area contributed by atoms with Crippen molar-refractivity contribution >= 4 is 17.3 Å². The zero-order valence-electron chi connectivity index (χ0n) is 15.6. The molecule has 28 heavy (non-hydrogen) atoms. The van der Waals surface area contributed by atoms with E-state index in [0.717, 1.165) is 28.5 Å². The Bertz CT molecular complexity index is 980. The molecule has 8 heteroatoms. The van der Waals surface area contributed by atoms with Crippen LogP contribution < -0.4 is 29.6 Å². The fourth-order valence-electron chi connectivity index (χ4n) is 2.81. The van der Waals surface area contributed by atoms with E-state index in [1.807, 2.05) is 42.5 Å². The molecule has 0 bridgehead atoms. The molecule has 0 saturated carbocycles. The van der Waals surface area contributed by atoms with E-state index in [9.17, 15) is 0 Å². The first-order chi connectivity index (χ1) is 13.7. The van der Waals surface area contributed by atoms with Crippen LogP contribution in [-0.4, -0.2) is 31.0 Å². The van der Waals surface area contributed by atoms with E-state index >= 15 is 0 Å². The Kier molecular flexibility index (Phi) is 5.01. The SMILES string of the molecule is COc1ccc(Nc2cc(NCc3ccc4c(c3)OCO4)ncn2)c(OC)c1. The minimum atomic E-state index is 0.266. The van der Waals surface area contributed by atoms with Gasteiger partial charge in [0.25, 0.3) is 0 Å². The quantitative estimate of drug-likeness (QED) is 0.643. The molecule has 0 aliphatic carbocycles. The lowest BCUT2D eigenvalue weighted by Crippen LogP contribution is -2.03. The molecule has 0 saturated heterocycles. The Morgan fingerprint density at radius 3 is 2.64 bits per heavy atom. The molecule has 4 rings (SSSR count). The molecule has 2 aromatic carbocycles. The normalized spacial score (nSPS) is 11.8. The first kappa shape index (κ1) is 17.7. The molecule has 0 radical (unpaired) electrons. The molecule has 1 aliphatic rings. The van der Waals surface area contributed by atoms with Gasteiger partial charge in [0.15, 0.2) is 11.5 Å². The molecular weight excluding hydrogens is 360 g/mol. The lowest BCUT2D eigenvalue weighted by molar-refractivity contribution is 0.174. The Morgan fingerprint density at radius 1 is 0.929 bits per heavy atom. The highest BCUT2D eigenvalue weighted by atomic mass is 16.7. The molecule has 2 N–H and O–H groups in total. The highest BCUT2D eigenvalue weighted by Crippen LogP contribution is 2.33. The maximum absolute atomic E-state index is 5.41. The maximum Gasteiger partial charge on any atom is 0.231 e. The predicted molar refractivity (Wildman–Crippen MR) is 105 cm³/mol. The van der Waals surface area contributed by atoms with Gasteiger partial charge in [-0.1, -0.05) is 6.07 Å². The number of hydrogen-bond donors (Lipinski definition) is 2. The summed E-state index contributed by atoms with van der Waals surface area (Å²) < 4.78 is 21.4. The second-order valence-corrected chi connectivity index (χ2v) is 6.02. The van der Waals surface area contributed by atoms with Gasteiger partial charge in [0, 0.05) is 18.7 Å². The van der Waals surface area contributed by atoms with Crippen molar-refractivity contribution in [2.45, 2.75) is 6.54 Å². The summed E-state index contributed by atoms with van der Waals surface area (Å²) in [4.78, 5) is 8.54. The first-order valence-corrected chi connectivity index (χ1v) is 8.68. The van der Waals surface area contributed by atoms with Crippen molar-refractivity contribution in [3.63, 3.8) is 0 Å². The average molecular weight is 380 g/mol. The van der Waals surface area contributed by atoms with E-state index in [1.54, 1.807) is 14.2 Å². The third-order valence-corrected chi connectivity index (χ3v) is 4.25. The zero-order chi connectivity index (χ0) is 19.3. The number of ether oxygens (including phenoxy) is 4. The molecule has 144 valence electrons. The lowest BCUT2D eigenvalue weighted by atomic mass is 10.2. The topological polar surface area (TPSA) is 86.8 Å². The molecule has 3 aromatic rings. The monoisotopic (exact) mass is 380 g/mol. The van der Waals surface area contributed by atoms with Crippen LogP contribution in [0.3, 0.4) is 0 Å². The number of nitrogens with one attached hydrogen (secondary N) is 2. The Labute approximate surface area is 162 Å². The summed E-state index contributed by atoms with van der Waals surface area (Å²) in [5.41, 5.74) is 1.85. The first-order valence-electron chi connectivity index (χ1n) is 8.68. The number of anilines is 3. The number of nitrogens with zero attached hydrogens (tertiary/aromatic N) is 2. The molecule has 0 atom stereocenters. The fourth-order valence-corrected chi connectivity index (χ4v) is 2.81. The molecule has 8 nitrogen and oxygen atoms in total. The minimum Gasteiger partial charge on any atom is -0.497 e. The number of benzene rings is 2. The van der Waals surface area contributed by atoms with Crippen molar-refractivity contribution in [1.29, 1.82) is 0 Å². The highest BCUT2D eigenvalue weighted by Gasteiger charge is 2.13. The molecule has 0 spiro atoms. The van der Waals surface area contributed by atoms with E-state index in [2.05, 4.69) is 20.6 Å². The number of methoxy groups -OCH3 is 2. The van der Waals surface area contributed by atoms with Crippen LogP contribution in [0.4, 0.5) is 17.3 Å². The van der Waals surface area contributed by atoms with Crippen LogP contribution in [0.1, 0.15) is 5.56 Å². The highest BCUT2D eigenvalue weighted by molar-refractivity contribution is 5.66. The summed E-state index contributed by atoms with van der Waals surface area (Å²) in [7, 11) is 3.22. The van der Waals surface area contributed by atoms with Crippen LogP contribution in [0.2, 0.25) is 0 Å². The van der Waals surface area contributed by atoms with Crippen LogP contribution >= 0.6 is 0 Å². The van der Waals surface area contributed by atoms with Crippen molar-refractivity contribution in [3.8, 4) is 23.0 Å². The molecular formula is C20H20N4O4. The Balaban J connectivity index is 1.44. The van der Waals surface area contributed by atoms with Crippen molar-refractivity contribution in [3.05, 3.63) is 54.4 Å². The molecule has 0 fully saturated rings. The van der Waals surface area contributed by atoms with Crippen LogP contribution in [-0.2, 0) is 6.54 Å². The van der Waals surface area contributed by atoms with E-state index in [1.165, 1.54) is 6.33 Å². The van der Waals surface area contributed by atoms with Gasteiger partial charge >= 0.3 is 0 Å². The molecule has 0 amide bonds. The molecule has 1 aliphatic heterocycles. The second kappa shape index (κ2) is 7.91. The van der Waals surface area contributed by atoms with Gasteiger partial charge in [0.05, 0.1) is 19.9 Å². The maximum atomic E-state index is 5.41. The number of aromatic nitrogens is 2. The second-order valence-electron chi connectivity index (χ2n) is 6.02. The van der Waals surface area contributed by atoms with Crippen molar-refractivity contribution < 1.29 is 18.9 Å². The van der Waals surface area contributed by atoms with Crippen molar-refractivity contribution in [2.24, 2.45) is 0 Å². The van der Waals surface area contributed by atoms with E-state index in [0.29, 0.717) is 23.9 Å². The van der Waals surface area contributed by atoms with Gasteiger partial charge in [-0.3, -0.25) is 0 Å². The predicted octanol–water partition coefficient (Wildman–Crippen LogP) is 3.58. The summed E-state index contributed by atoms with van der Waals surface area (Å²) in [5, 5.41) is 6.53. The third kappa shape index (κ3) is 3.85. The van der Waals surface area contributed by atoms with Crippen LogP contribution in [0.5, 0.6) is 23.0 Å². The number of fused-ring (bicyclic) bond motifs is 1. The van der Waals surface area contributed by atoms with Crippen LogP contribution in [0.25, 0.3) is 0 Å². The van der Waals surface area contributed by atoms with Crippen LogP contribution in [0.15, 0.2) is 48.8 Å². The van der Waals surface area contributed by atoms with Gasteiger partial charge in [0.2, 0.25) is 6.79 Å². The van der Waals surface area contributed by atoms with Gasteiger partial charge in [-0.2, -0.15) is 0 Å². The van der Waals surface area contributed by atoms with Crippen LogP contribution in [0, 0.1) is 0 Å². The summed E-state index contributed by atoms with van der Waals surface area (Å²) in [6, 6.07) is 13.2. The van der Waals surface area contributed by atoms with Gasteiger partial charge in [-0.15, -0.1) is 0 Å². The smallest absolute Gasteiger partial charge is 0.231 e. The van der Waals surface area contributed by atoms with E-state index < -0.39 is 0 Å². The fraction of sp³-hybridized carbons (Fsp3) is 0.200. The summed E-state index contributed by atoms with van der Waals surface area (Å²) in [6.45, 7) is 0.862. The van der Waals surface area contributed by atoms with Gasteiger partial charge in [-0.05, 0) is 29.8 Å². The van der Waals surface area contributed by atoms with Crippen molar-refractivity contribution in [2.75, 3.05) is 31.6 Å². The number of rotatable bonds is 7.